The number of benzene rings is 2. The number of nitrogens with zero attached hydrogens (tertiary/aromatic N) is 1. The van der Waals surface area contributed by atoms with Gasteiger partial charge in [-0.3, -0.25) is 9.59 Å². The van der Waals surface area contributed by atoms with Crippen LogP contribution in [0.25, 0.3) is 0 Å². The number of ether oxygens (including phenoxy) is 2. The molecule has 7 nitrogen and oxygen atoms in total. The lowest BCUT2D eigenvalue weighted by atomic mass is 9.87. The van der Waals surface area contributed by atoms with Crippen molar-refractivity contribution in [2.75, 3.05) is 32.6 Å². The van der Waals surface area contributed by atoms with Gasteiger partial charge in [0, 0.05) is 18.8 Å². The first-order valence-corrected chi connectivity index (χ1v) is 9.55. The molecular formula is C23H28N2O5. The molecule has 0 radical (unpaired) electrons. The van der Waals surface area contributed by atoms with E-state index in [1.807, 2.05) is 12.1 Å². The molecule has 0 bridgehead atoms. The molecule has 0 aliphatic carbocycles. The third kappa shape index (κ3) is 6.62. The van der Waals surface area contributed by atoms with E-state index in [-0.39, 0.29) is 17.9 Å². The van der Waals surface area contributed by atoms with Crippen LogP contribution in [0.15, 0.2) is 48.5 Å². The van der Waals surface area contributed by atoms with Crippen molar-refractivity contribution in [2.45, 2.75) is 26.2 Å². The summed E-state index contributed by atoms with van der Waals surface area (Å²) in [6.07, 6.45) is 0. The van der Waals surface area contributed by atoms with Gasteiger partial charge in [0.05, 0.1) is 19.2 Å². The Bertz CT molecular complexity index is 901. The number of hydrogen-bond acceptors (Lipinski definition) is 5. The molecule has 160 valence electrons. The van der Waals surface area contributed by atoms with Gasteiger partial charge in [-0.25, -0.2) is 4.79 Å². The van der Waals surface area contributed by atoms with Crippen molar-refractivity contribution in [1.29, 1.82) is 0 Å². The van der Waals surface area contributed by atoms with Crippen molar-refractivity contribution in [2.24, 2.45) is 0 Å². The van der Waals surface area contributed by atoms with Gasteiger partial charge in [0.1, 0.15) is 5.75 Å². The van der Waals surface area contributed by atoms with Gasteiger partial charge < -0.3 is 19.7 Å². The molecule has 0 saturated heterocycles. The van der Waals surface area contributed by atoms with Crippen molar-refractivity contribution in [1.82, 2.24) is 4.90 Å². The zero-order valence-electron chi connectivity index (χ0n) is 18.0. The molecule has 2 rings (SSSR count). The van der Waals surface area contributed by atoms with Crippen molar-refractivity contribution < 1.29 is 23.9 Å². The molecule has 0 saturated carbocycles. The third-order valence-electron chi connectivity index (χ3n) is 4.47. The number of esters is 1. The predicted octanol–water partition coefficient (Wildman–Crippen LogP) is 3.25. The highest BCUT2D eigenvalue weighted by molar-refractivity contribution is 5.95. The normalized spacial score (nSPS) is 10.8. The van der Waals surface area contributed by atoms with Gasteiger partial charge in [0.2, 0.25) is 5.91 Å². The first-order valence-electron chi connectivity index (χ1n) is 9.55. The van der Waals surface area contributed by atoms with Gasteiger partial charge in [-0.1, -0.05) is 39.0 Å². The highest BCUT2D eigenvalue weighted by atomic mass is 16.5. The number of likely N-dealkylation sites (N-methyl/N-ethyl adjacent to an activating group) is 1. The molecule has 1 N–H and O–H groups in total. The first kappa shape index (κ1) is 22.9. The molecule has 0 aliphatic rings. The predicted molar refractivity (Wildman–Crippen MR) is 115 cm³/mol. The number of amides is 2. The largest absolute Gasteiger partial charge is 0.497 e. The summed E-state index contributed by atoms with van der Waals surface area (Å²) in [5, 5.41) is 2.69. The molecule has 0 fully saturated rings. The summed E-state index contributed by atoms with van der Waals surface area (Å²) in [6.45, 7) is 5.63. The molecule has 0 heterocycles. The van der Waals surface area contributed by atoms with E-state index in [9.17, 15) is 14.4 Å². The number of carbonyl (C=O) groups is 3. The maximum Gasteiger partial charge on any atom is 0.338 e. The van der Waals surface area contributed by atoms with Gasteiger partial charge in [-0.05, 0) is 35.2 Å². The average Bonchev–Trinajstić information content (AvgIpc) is 2.71. The van der Waals surface area contributed by atoms with E-state index in [0.29, 0.717) is 17.0 Å². The number of carbonyl (C=O) groups excluding carboxylic acids is 3. The zero-order chi connectivity index (χ0) is 22.3. The standard InChI is InChI=1S/C23H28N2O5/c1-23(2,3)17-11-9-16(10-12-17)22(28)30-15-21(27)25(4)14-20(26)24-18-7-6-8-19(13-18)29-5/h6-13H,14-15H2,1-5H3,(H,24,26). The Balaban J connectivity index is 1.83. The van der Waals surface area contributed by atoms with Crippen molar-refractivity contribution in [3.8, 4) is 5.75 Å². The smallest absolute Gasteiger partial charge is 0.338 e. The van der Waals surface area contributed by atoms with E-state index < -0.39 is 18.5 Å². The van der Waals surface area contributed by atoms with Crippen molar-refractivity contribution in [3.63, 3.8) is 0 Å². The molecule has 2 aromatic rings. The van der Waals surface area contributed by atoms with Crippen LogP contribution in [0.5, 0.6) is 5.75 Å². The Morgan fingerprint density at radius 3 is 2.30 bits per heavy atom. The summed E-state index contributed by atoms with van der Waals surface area (Å²) >= 11 is 0. The lowest BCUT2D eigenvalue weighted by Gasteiger charge is -2.19. The Morgan fingerprint density at radius 1 is 1.03 bits per heavy atom. The van der Waals surface area contributed by atoms with Gasteiger partial charge in [0.15, 0.2) is 6.61 Å². The number of hydrogen-bond donors (Lipinski definition) is 1. The summed E-state index contributed by atoms with van der Waals surface area (Å²) in [4.78, 5) is 37.7. The van der Waals surface area contributed by atoms with Crippen molar-refractivity contribution in [3.05, 3.63) is 59.7 Å². The lowest BCUT2D eigenvalue weighted by Crippen LogP contribution is -2.37. The maximum atomic E-state index is 12.2. The second-order valence-electron chi connectivity index (χ2n) is 7.93. The Hall–Kier alpha value is -3.35. The van der Waals surface area contributed by atoms with Crippen LogP contribution < -0.4 is 10.1 Å². The number of methoxy groups -OCH3 is 1. The number of rotatable bonds is 7. The molecule has 0 atom stereocenters. The molecule has 2 amide bonds. The van der Waals surface area contributed by atoms with Crippen molar-refractivity contribution >= 4 is 23.5 Å². The van der Waals surface area contributed by atoms with Crippen LogP contribution in [0.1, 0.15) is 36.7 Å². The zero-order valence-corrected chi connectivity index (χ0v) is 18.0. The van der Waals surface area contributed by atoms with Gasteiger partial charge in [0.25, 0.3) is 5.91 Å². The maximum absolute atomic E-state index is 12.2. The van der Waals surface area contributed by atoms with Crippen LogP contribution in [0.4, 0.5) is 5.69 Å². The average molecular weight is 412 g/mol. The fourth-order valence-corrected chi connectivity index (χ4v) is 2.63. The second kappa shape index (κ2) is 9.91. The van der Waals surface area contributed by atoms with E-state index in [0.717, 1.165) is 5.56 Å². The van der Waals surface area contributed by atoms with Crippen LogP contribution in [0.3, 0.4) is 0 Å². The first-order chi connectivity index (χ1) is 14.1. The van der Waals surface area contributed by atoms with E-state index in [1.165, 1.54) is 19.1 Å². The Morgan fingerprint density at radius 2 is 1.70 bits per heavy atom. The van der Waals surface area contributed by atoms with Gasteiger partial charge in [-0.2, -0.15) is 0 Å². The van der Waals surface area contributed by atoms with Gasteiger partial charge in [-0.15, -0.1) is 0 Å². The second-order valence-corrected chi connectivity index (χ2v) is 7.93. The molecule has 0 aromatic heterocycles. The summed E-state index contributed by atoms with van der Waals surface area (Å²) in [5.74, 6) is -0.823. The fraction of sp³-hybridized carbons (Fsp3) is 0.348. The summed E-state index contributed by atoms with van der Waals surface area (Å²) in [7, 11) is 3.01. The minimum atomic E-state index is -0.585. The summed E-state index contributed by atoms with van der Waals surface area (Å²) < 4.78 is 10.2. The minimum absolute atomic E-state index is 0.0213. The molecule has 7 heteroatoms. The molecule has 0 unspecified atom stereocenters. The topological polar surface area (TPSA) is 84.9 Å². The van der Waals surface area contributed by atoms with E-state index in [2.05, 4.69) is 26.1 Å². The highest BCUT2D eigenvalue weighted by Gasteiger charge is 2.18. The van der Waals surface area contributed by atoms with Crippen LogP contribution in [0, 0.1) is 0 Å². The molecule has 0 aliphatic heterocycles. The molecule has 2 aromatic carbocycles. The SMILES string of the molecule is COc1cccc(NC(=O)CN(C)C(=O)COC(=O)c2ccc(C(C)(C)C)cc2)c1. The molecular weight excluding hydrogens is 384 g/mol. The number of anilines is 1. The molecule has 0 spiro atoms. The van der Waals surface area contributed by atoms with Crippen LogP contribution in [-0.4, -0.2) is 50.0 Å². The van der Waals surface area contributed by atoms with Gasteiger partial charge >= 0.3 is 5.97 Å². The third-order valence-corrected chi connectivity index (χ3v) is 4.47. The van der Waals surface area contributed by atoms with Crippen LogP contribution in [0.2, 0.25) is 0 Å². The quantitative estimate of drug-likeness (QED) is 0.706. The molecule has 30 heavy (non-hydrogen) atoms. The summed E-state index contributed by atoms with van der Waals surface area (Å²) in [5.41, 5.74) is 2.00. The van der Waals surface area contributed by atoms with Crippen LogP contribution in [-0.2, 0) is 19.7 Å². The van der Waals surface area contributed by atoms with E-state index in [1.54, 1.807) is 36.4 Å². The monoisotopic (exact) mass is 412 g/mol. The van der Waals surface area contributed by atoms with E-state index in [4.69, 9.17) is 9.47 Å². The summed E-state index contributed by atoms with van der Waals surface area (Å²) in [6, 6.07) is 14.0. The fourth-order valence-electron chi connectivity index (χ4n) is 2.63. The number of nitrogens with one attached hydrogen (secondary N) is 1. The minimum Gasteiger partial charge on any atom is -0.497 e. The Kier molecular flexibility index (Phi) is 7.58. The highest BCUT2D eigenvalue weighted by Crippen LogP contribution is 2.22. The Labute approximate surface area is 177 Å². The van der Waals surface area contributed by atoms with Crippen LogP contribution >= 0.6 is 0 Å². The van der Waals surface area contributed by atoms with E-state index >= 15 is 0 Å². The lowest BCUT2D eigenvalue weighted by molar-refractivity contribution is -0.136.